The second-order valence-corrected chi connectivity index (χ2v) is 4.62. The summed E-state index contributed by atoms with van der Waals surface area (Å²) < 4.78 is 10.6. The minimum atomic E-state index is 0. The molecule has 0 aliphatic carbocycles. The lowest BCUT2D eigenvalue weighted by molar-refractivity contribution is 0.242. The number of halogens is 2. The van der Waals surface area contributed by atoms with E-state index < -0.39 is 0 Å². The predicted molar refractivity (Wildman–Crippen MR) is 79.6 cm³/mol. The Kier molecular flexibility index (Phi) is 6.78. The molecule has 1 unspecified atom stereocenters. The van der Waals surface area contributed by atoms with Crippen LogP contribution in [0.5, 0.6) is 5.75 Å². The van der Waals surface area contributed by atoms with Gasteiger partial charge < -0.3 is 14.6 Å². The van der Waals surface area contributed by atoms with Crippen LogP contribution in [0.2, 0.25) is 5.02 Å². The van der Waals surface area contributed by atoms with E-state index in [1.54, 1.807) is 12.1 Å². The van der Waals surface area contributed by atoms with Crippen LogP contribution in [0.25, 0.3) is 0 Å². The third kappa shape index (κ3) is 4.67. The first-order valence-electron chi connectivity index (χ1n) is 6.05. The average Bonchev–Trinajstić information content (AvgIpc) is 2.85. The largest absolute Gasteiger partial charge is 0.482 e. The summed E-state index contributed by atoms with van der Waals surface area (Å²) in [5, 5.41) is 7.58. The molecule has 1 atom stereocenters. The molecule has 7 heteroatoms. The van der Waals surface area contributed by atoms with Crippen molar-refractivity contribution in [2.75, 3.05) is 7.05 Å². The van der Waals surface area contributed by atoms with Gasteiger partial charge in [-0.25, -0.2) is 0 Å². The highest BCUT2D eigenvalue weighted by Gasteiger charge is 2.10. The van der Waals surface area contributed by atoms with Crippen LogP contribution in [0.3, 0.4) is 0 Å². The molecule has 20 heavy (non-hydrogen) atoms. The van der Waals surface area contributed by atoms with Crippen molar-refractivity contribution >= 4 is 24.0 Å². The third-order valence-corrected chi connectivity index (χ3v) is 2.99. The molecule has 0 saturated heterocycles. The summed E-state index contributed by atoms with van der Waals surface area (Å²) in [4.78, 5) is 4.26. The Bertz CT molecular complexity index is 534. The van der Waals surface area contributed by atoms with E-state index >= 15 is 0 Å². The molecular weight excluding hydrogens is 301 g/mol. The van der Waals surface area contributed by atoms with Crippen molar-refractivity contribution in [1.82, 2.24) is 15.5 Å². The molecule has 0 radical (unpaired) electrons. The highest BCUT2D eigenvalue weighted by atomic mass is 35.5. The number of ether oxygens (including phenoxy) is 1. The maximum atomic E-state index is 5.98. The first-order valence-corrected chi connectivity index (χ1v) is 6.43. The first-order chi connectivity index (χ1) is 9.19. The minimum absolute atomic E-state index is 0. The lowest BCUT2D eigenvalue weighted by atomic mass is 10.2. The number of nitrogens with zero attached hydrogens (tertiary/aromatic N) is 2. The molecule has 5 nitrogen and oxygen atoms in total. The number of para-hydroxylation sites is 1. The lowest BCUT2D eigenvalue weighted by Gasteiger charge is -2.05. The molecule has 0 aliphatic heterocycles. The van der Waals surface area contributed by atoms with Crippen molar-refractivity contribution in [3.05, 3.63) is 41.0 Å². The molecule has 1 N–H and O–H groups in total. The second kappa shape index (κ2) is 8.09. The van der Waals surface area contributed by atoms with Crippen molar-refractivity contribution in [2.24, 2.45) is 0 Å². The molecule has 0 amide bonds. The van der Waals surface area contributed by atoms with Crippen LogP contribution >= 0.6 is 24.0 Å². The van der Waals surface area contributed by atoms with Gasteiger partial charge in [-0.2, -0.15) is 4.98 Å². The molecule has 0 fully saturated rings. The highest BCUT2D eigenvalue weighted by Crippen LogP contribution is 2.23. The molecule has 1 heterocycles. The topological polar surface area (TPSA) is 60.2 Å². The number of hydrogen-bond acceptors (Lipinski definition) is 5. The standard InChI is InChI=1S/C13H16ClN3O2.ClH/c1-9(15-2)7-12-16-13(19-17-12)8-18-11-6-4-3-5-10(11)14;/h3-6,9,15H,7-8H2,1-2H3;1H. The summed E-state index contributed by atoms with van der Waals surface area (Å²) in [5.41, 5.74) is 0. The van der Waals surface area contributed by atoms with Crippen LogP contribution in [0.1, 0.15) is 18.6 Å². The molecule has 1 aromatic heterocycles. The fraction of sp³-hybridized carbons (Fsp3) is 0.385. The van der Waals surface area contributed by atoms with Crippen LogP contribution < -0.4 is 10.1 Å². The van der Waals surface area contributed by atoms with Gasteiger partial charge in [0.05, 0.1) is 5.02 Å². The van der Waals surface area contributed by atoms with Gasteiger partial charge in [0, 0.05) is 12.5 Å². The average molecular weight is 318 g/mol. The Balaban J connectivity index is 0.00000200. The summed E-state index contributed by atoms with van der Waals surface area (Å²) in [5.74, 6) is 1.71. The van der Waals surface area contributed by atoms with E-state index in [9.17, 15) is 0 Å². The van der Waals surface area contributed by atoms with Crippen molar-refractivity contribution < 1.29 is 9.26 Å². The zero-order valence-electron chi connectivity index (χ0n) is 11.3. The quantitative estimate of drug-likeness (QED) is 0.887. The zero-order valence-corrected chi connectivity index (χ0v) is 12.9. The summed E-state index contributed by atoms with van der Waals surface area (Å²) in [6.45, 7) is 2.26. The van der Waals surface area contributed by atoms with Crippen LogP contribution in [-0.4, -0.2) is 23.2 Å². The van der Waals surface area contributed by atoms with Crippen LogP contribution in [-0.2, 0) is 13.0 Å². The predicted octanol–water partition coefficient (Wildman–Crippen LogP) is 2.87. The number of likely N-dealkylation sites (N-methyl/N-ethyl adjacent to an activating group) is 1. The van der Waals surface area contributed by atoms with E-state index in [1.807, 2.05) is 19.2 Å². The summed E-state index contributed by atoms with van der Waals surface area (Å²) in [7, 11) is 1.90. The Labute approximate surface area is 129 Å². The molecular formula is C13H17Cl2N3O2. The lowest BCUT2D eigenvalue weighted by Crippen LogP contribution is -2.24. The van der Waals surface area contributed by atoms with Gasteiger partial charge >= 0.3 is 0 Å². The van der Waals surface area contributed by atoms with Gasteiger partial charge in [0.25, 0.3) is 5.89 Å². The van der Waals surface area contributed by atoms with Crippen molar-refractivity contribution in [3.8, 4) is 5.75 Å². The fourth-order valence-corrected chi connectivity index (χ4v) is 1.70. The SMILES string of the molecule is CNC(C)Cc1noc(COc2ccccc2Cl)n1.Cl. The zero-order chi connectivity index (χ0) is 13.7. The Hall–Kier alpha value is -1.30. The van der Waals surface area contributed by atoms with Crippen LogP contribution in [0, 0.1) is 0 Å². The normalized spacial score (nSPS) is 11.8. The molecule has 1 aromatic carbocycles. The van der Waals surface area contributed by atoms with Gasteiger partial charge in [-0.05, 0) is 26.1 Å². The van der Waals surface area contributed by atoms with Crippen molar-refractivity contribution in [2.45, 2.75) is 26.0 Å². The van der Waals surface area contributed by atoms with E-state index in [4.69, 9.17) is 20.9 Å². The maximum absolute atomic E-state index is 5.98. The van der Waals surface area contributed by atoms with Gasteiger partial charge in [-0.1, -0.05) is 28.9 Å². The van der Waals surface area contributed by atoms with E-state index in [1.165, 1.54) is 0 Å². The molecule has 2 rings (SSSR count). The number of benzene rings is 1. The Morgan fingerprint density at radius 2 is 2.15 bits per heavy atom. The van der Waals surface area contributed by atoms with Crippen molar-refractivity contribution in [1.29, 1.82) is 0 Å². The van der Waals surface area contributed by atoms with Gasteiger partial charge in [0.2, 0.25) is 0 Å². The van der Waals surface area contributed by atoms with E-state index in [0.29, 0.717) is 34.9 Å². The summed E-state index contributed by atoms with van der Waals surface area (Å²) >= 11 is 5.98. The molecule has 0 bridgehead atoms. The smallest absolute Gasteiger partial charge is 0.264 e. The second-order valence-electron chi connectivity index (χ2n) is 4.22. The molecule has 0 aliphatic rings. The van der Waals surface area contributed by atoms with E-state index in [0.717, 1.165) is 0 Å². The Morgan fingerprint density at radius 3 is 2.85 bits per heavy atom. The van der Waals surface area contributed by atoms with Gasteiger partial charge in [-0.3, -0.25) is 0 Å². The Morgan fingerprint density at radius 1 is 1.40 bits per heavy atom. The number of nitrogens with one attached hydrogen (secondary N) is 1. The van der Waals surface area contributed by atoms with Crippen LogP contribution in [0.4, 0.5) is 0 Å². The first kappa shape index (κ1) is 16.8. The molecule has 110 valence electrons. The number of hydrogen-bond donors (Lipinski definition) is 1. The number of rotatable bonds is 6. The van der Waals surface area contributed by atoms with E-state index in [-0.39, 0.29) is 19.0 Å². The van der Waals surface area contributed by atoms with Gasteiger partial charge in [0.1, 0.15) is 5.75 Å². The summed E-state index contributed by atoms with van der Waals surface area (Å²) in [6.07, 6.45) is 0.714. The maximum Gasteiger partial charge on any atom is 0.264 e. The highest BCUT2D eigenvalue weighted by molar-refractivity contribution is 6.32. The van der Waals surface area contributed by atoms with Crippen LogP contribution in [0.15, 0.2) is 28.8 Å². The van der Waals surface area contributed by atoms with E-state index in [2.05, 4.69) is 22.4 Å². The van der Waals surface area contributed by atoms with Crippen molar-refractivity contribution in [3.63, 3.8) is 0 Å². The molecule has 0 saturated carbocycles. The van der Waals surface area contributed by atoms with Gasteiger partial charge in [-0.15, -0.1) is 12.4 Å². The third-order valence-electron chi connectivity index (χ3n) is 2.68. The van der Waals surface area contributed by atoms with Gasteiger partial charge in [0.15, 0.2) is 12.4 Å². The monoisotopic (exact) mass is 317 g/mol. The summed E-state index contributed by atoms with van der Waals surface area (Å²) in [6, 6.07) is 7.57. The fourth-order valence-electron chi connectivity index (χ4n) is 1.51. The number of aromatic nitrogens is 2. The molecule has 0 spiro atoms. The minimum Gasteiger partial charge on any atom is -0.482 e. The molecule has 2 aromatic rings.